The maximum absolute atomic E-state index is 12.7. The Balaban J connectivity index is 1.77. The summed E-state index contributed by atoms with van der Waals surface area (Å²) in [6, 6.07) is 11.9. The van der Waals surface area contributed by atoms with E-state index in [2.05, 4.69) is 15.3 Å². The van der Waals surface area contributed by atoms with E-state index in [0.29, 0.717) is 12.1 Å². The molecule has 0 saturated heterocycles. The molecule has 0 aliphatic heterocycles. The molecule has 0 aliphatic carbocycles. The minimum absolute atomic E-state index is 0.0334. The summed E-state index contributed by atoms with van der Waals surface area (Å²) < 4.78 is 1.74. The van der Waals surface area contributed by atoms with Crippen molar-refractivity contribution < 1.29 is 4.79 Å². The van der Waals surface area contributed by atoms with Crippen LogP contribution in [0.4, 0.5) is 0 Å². The van der Waals surface area contributed by atoms with Gasteiger partial charge in [0, 0.05) is 25.4 Å². The molecule has 124 valence electrons. The summed E-state index contributed by atoms with van der Waals surface area (Å²) in [4.78, 5) is 14.4. The first kappa shape index (κ1) is 16.0. The van der Waals surface area contributed by atoms with Gasteiger partial charge >= 0.3 is 0 Å². The molecule has 0 saturated carbocycles. The second-order valence-electron chi connectivity index (χ2n) is 5.98. The van der Waals surface area contributed by atoms with Gasteiger partial charge in [-0.25, -0.2) is 0 Å². The fraction of sp³-hybridized carbons (Fsp3) is 0.278. The van der Waals surface area contributed by atoms with Gasteiger partial charge in [0.2, 0.25) is 0 Å². The third-order valence-corrected chi connectivity index (χ3v) is 4.18. The van der Waals surface area contributed by atoms with Gasteiger partial charge in [0.05, 0.1) is 29.2 Å². The number of hydrogen-bond acceptors (Lipinski definition) is 3. The third kappa shape index (κ3) is 2.95. The number of rotatable bonds is 4. The first-order chi connectivity index (χ1) is 11.5. The standard InChI is InChI=1S/C18H21N5O/c1-12-17(13(2)23(4)21-12)18(24)22(3)11-15-10-16(20-19-15)14-8-6-5-7-9-14/h5-10H,11H2,1-4H3,(H,19,20). The largest absolute Gasteiger partial charge is 0.336 e. The SMILES string of the molecule is Cc1nn(C)c(C)c1C(=O)N(C)Cc1cc(-c2ccccc2)n[nH]1. The smallest absolute Gasteiger partial charge is 0.257 e. The van der Waals surface area contributed by atoms with Crippen LogP contribution in [0.15, 0.2) is 36.4 Å². The van der Waals surface area contributed by atoms with Crippen molar-refractivity contribution in [1.82, 2.24) is 24.9 Å². The van der Waals surface area contributed by atoms with Crippen LogP contribution in [0.2, 0.25) is 0 Å². The molecule has 0 aliphatic rings. The van der Waals surface area contributed by atoms with Gasteiger partial charge in [0.25, 0.3) is 5.91 Å². The summed E-state index contributed by atoms with van der Waals surface area (Å²) in [5, 5.41) is 11.7. The average molecular weight is 323 g/mol. The Hall–Kier alpha value is -2.89. The van der Waals surface area contributed by atoms with Gasteiger partial charge in [-0.3, -0.25) is 14.6 Å². The predicted octanol–water partition coefficient (Wildman–Crippen LogP) is 2.70. The minimum Gasteiger partial charge on any atom is -0.336 e. The van der Waals surface area contributed by atoms with Crippen molar-refractivity contribution in [3.63, 3.8) is 0 Å². The number of aryl methyl sites for hydroxylation is 2. The second-order valence-corrected chi connectivity index (χ2v) is 5.98. The van der Waals surface area contributed by atoms with Gasteiger partial charge in [0.15, 0.2) is 0 Å². The Morgan fingerprint density at radius 1 is 1.25 bits per heavy atom. The van der Waals surface area contributed by atoms with E-state index in [1.165, 1.54) is 0 Å². The van der Waals surface area contributed by atoms with E-state index in [-0.39, 0.29) is 5.91 Å². The normalized spacial score (nSPS) is 10.8. The van der Waals surface area contributed by atoms with Crippen molar-refractivity contribution in [2.45, 2.75) is 20.4 Å². The number of amides is 1. The van der Waals surface area contributed by atoms with Crippen LogP contribution in [0.3, 0.4) is 0 Å². The van der Waals surface area contributed by atoms with Crippen LogP contribution in [0.1, 0.15) is 27.4 Å². The van der Waals surface area contributed by atoms with Crippen molar-refractivity contribution in [2.75, 3.05) is 7.05 Å². The summed E-state index contributed by atoms with van der Waals surface area (Å²) in [6.45, 7) is 4.23. The molecule has 6 nitrogen and oxygen atoms in total. The molecule has 0 atom stereocenters. The highest BCUT2D eigenvalue weighted by Gasteiger charge is 2.21. The van der Waals surface area contributed by atoms with E-state index in [4.69, 9.17) is 0 Å². The Kier molecular flexibility index (Phi) is 4.20. The Bertz CT molecular complexity index is 863. The molecule has 2 heterocycles. The number of aromatic nitrogens is 4. The first-order valence-corrected chi connectivity index (χ1v) is 7.82. The maximum atomic E-state index is 12.7. The van der Waals surface area contributed by atoms with Crippen LogP contribution in [0.25, 0.3) is 11.3 Å². The molecule has 6 heteroatoms. The molecule has 0 radical (unpaired) electrons. The van der Waals surface area contributed by atoms with Gasteiger partial charge in [-0.2, -0.15) is 10.2 Å². The van der Waals surface area contributed by atoms with Gasteiger partial charge in [-0.15, -0.1) is 0 Å². The molecular formula is C18H21N5O. The second kappa shape index (κ2) is 6.31. The molecule has 0 bridgehead atoms. The monoisotopic (exact) mass is 323 g/mol. The highest BCUT2D eigenvalue weighted by molar-refractivity contribution is 5.96. The molecular weight excluding hydrogens is 302 g/mol. The van der Waals surface area contributed by atoms with E-state index in [1.54, 1.807) is 16.6 Å². The number of nitrogens with zero attached hydrogens (tertiary/aromatic N) is 4. The number of aromatic amines is 1. The predicted molar refractivity (Wildman–Crippen MR) is 92.5 cm³/mol. The Labute approximate surface area is 141 Å². The molecule has 0 unspecified atom stereocenters. The molecule has 24 heavy (non-hydrogen) atoms. The average Bonchev–Trinajstić information content (AvgIpc) is 3.13. The molecule has 0 spiro atoms. The zero-order valence-corrected chi connectivity index (χ0v) is 14.4. The lowest BCUT2D eigenvalue weighted by molar-refractivity contribution is 0.0782. The highest BCUT2D eigenvalue weighted by Crippen LogP contribution is 2.19. The number of carbonyl (C=O) groups excluding carboxylic acids is 1. The van der Waals surface area contributed by atoms with E-state index in [0.717, 1.165) is 28.3 Å². The van der Waals surface area contributed by atoms with E-state index >= 15 is 0 Å². The summed E-state index contributed by atoms with van der Waals surface area (Å²) in [6.07, 6.45) is 0. The van der Waals surface area contributed by atoms with Crippen LogP contribution >= 0.6 is 0 Å². The van der Waals surface area contributed by atoms with Crippen molar-refractivity contribution >= 4 is 5.91 Å². The number of nitrogens with one attached hydrogen (secondary N) is 1. The lowest BCUT2D eigenvalue weighted by atomic mass is 10.1. The van der Waals surface area contributed by atoms with E-state index in [9.17, 15) is 4.79 Å². The molecule has 3 aromatic rings. The Morgan fingerprint density at radius 2 is 1.96 bits per heavy atom. The van der Waals surface area contributed by atoms with Crippen LogP contribution in [0.5, 0.6) is 0 Å². The summed E-state index contributed by atoms with van der Waals surface area (Å²) >= 11 is 0. The van der Waals surface area contributed by atoms with Gasteiger partial charge in [0.1, 0.15) is 0 Å². The van der Waals surface area contributed by atoms with Crippen LogP contribution in [-0.2, 0) is 13.6 Å². The maximum Gasteiger partial charge on any atom is 0.257 e. The zero-order valence-electron chi connectivity index (χ0n) is 14.4. The summed E-state index contributed by atoms with van der Waals surface area (Å²) in [5.41, 5.74) is 5.11. The van der Waals surface area contributed by atoms with Gasteiger partial charge < -0.3 is 4.90 Å². The van der Waals surface area contributed by atoms with Crippen LogP contribution in [-0.4, -0.2) is 37.8 Å². The van der Waals surface area contributed by atoms with Crippen molar-refractivity contribution in [3.05, 3.63) is 59.0 Å². The Morgan fingerprint density at radius 3 is 2.58 bits per heavy atom. The fourth-order valence-corrected chi connectivity index (χ4v) is 2.80. The molecule has 1 N–H and O–H groups in total. The fourth-order valence-electron chi connectivity index (χ4n) is 2.80. The van der Waals surface area contributed by atoms with Gasteiger partial charge in [-0.05, 0) is 19.9 Å². The van der Waals surface area contributed by atoms with Crippen molar-refractivity contribution in [1.29, 1.82) is 0 Å². The van der Waals surface area contributed by atoms with E-state index < -0.39 is 0 Å². The zero-order chi connectivity index (χ0) is 17.3. The van der Waals surface area contributed by atoms with Crippen LogP contribution < -0.4 is 0 Å². The topological polar surface area (TPSA) is 66.8 Å². The molecule has 1 amide bonds. The number of benzene rings is 1. The third-order valence-electron chi connectivity index (χ3n) is 4.18. The molecule has 0 fully saturated rings. The lowest BCUT2D eigenvalue weighted by Gasteiger charge is -2.16. The highest BCUT2D eigenvalue weighted by atomic mass is 16.2. The van der Waals surface area contributed by atoms with Crippen LogP contribution in [0, 0.1) is 13.8 Å². The summed E-state index contributed by atoms with van der Waals surface area (Å²) in [7, 11) is 3.64. The number of hydrogen-bond donors (Lipinski definition) is 1. The first-order valence-electron chi connectivity index (χ1n) is 7.82. The molecule has 3 rings (SSSR count). The number of H-pyrrole nitrogens is 1. The van der Waals surface area contributed by atoms with E-state index in [1.807, 2.05) is 57.3 Å². The van der Waals surface area contributed by atoms with Crippen molar-refractivity contribution in [3.8, 4) is 11.3 Å². The lowest BCUT2D eigenvalue weighted by Crippen LogP contribution is -2.27. The summed E-state index contributed by atoms with van der Waals surface area (Å²) in [5.74, 6) is -0.0334. The minimum atomic E-state index is -0.0334. The molecule has 2 aromatic heterocycles. The van der Waals surface area contributed by atoms with Crippen molar-refractivity contribution in [2.24, 2.45) is 7.05 Å². The van der Waals surface area contributed by atoms with Gasteiger partial charge in [-0.1, -0.05) is 30.3 Å². The number of carbonyl (C=O) groups is 1. The quantitative estimate of drug-likeness (QED) is 0.803. The molecule has 1 aromatic carbocycles.